The third-order valence-electron chi connectivity index (χ3n) is 1.48. The second kappa shape index (κ2) is 4.77. The summed E-state index contributed by atoms with van der Waals surface area (Å²) in [5.74, 6) is 0. The van der Waals surface area contributed by atoms with Crippen LogP contribution < -0.4 is 5.32 Å². The number of carbonyl (C=O) groups is 1. The standard InChI is InChI=1S/C9H16N4O2/c1-9(2,3)15-8(14)11-4-5-13-7-10-6-12-13/h6-7H,4-5H2,1-3H3,(H,11,14). The van der Waals surface area contributed by atoms with Crippen LogP contribution in [0.25, 0.3) is 0 Å². The molecular weight excluding hydrogens is 196 g/mol. The summed E-state index contributed by atoms with van der Waals surface area (Å²) >= 11 is 0. The molecule has 1 rings (SSSR count). The highest BCUT2D eigenvalue weighted by molar-refractivity contribution is 5.67. The molecule has 0 saturated carbocycles. The summed E-state index contributed by atoms with van der Waals surface area (Å²) in [4.78, 5) is 15.0. The number of alkyl carbamates (subject to hydrolysis) is 1. The summed E-state index contributed by atoms with van der Waals surface area (Å²) < 4.78 is 6.70. The van der Waals surface area contributed by atoms with Crippen molar-refractivity contribution in [2.75, 3.05) is 6.54 Å². The average molecular weight is 212 g/mol. The average Bonchev–Trinajstić information content (AvgIpc) is 2.53. The van der Waals surface area contributed by atoms with E-state index in [-0.39, 0.29) is 0 Å². The molecule has 1 amide bonds. The van der Waals surface area contributed by atoms with E-state index in [1.54, 1.807) is 11.0 Å². The number of hydrogen-bond acceptors (Lipinski definition) is 4. The van der Waals surface area contributed by atoms with Crippen molar-refractivity contribution in [1.82, 2.24) is 20.1 Å². The predicted molar refractivity (Wildman–Crippen MR) is 54.3 cm³/mol. The van der Waals surface area contributed by atoms with Crippen molar-refractivity contribution in [2.45, 2.75) is 32.9 Å². The minimum Gasteiger partial charge on any atom is -0.444 e. The Kier molecular flexibility index (Phi) is 3.65. The van der Waals surface area contributed by atoms with Crippen LogP contribution >= 0.6 is 0 Å². The summed E-state index contributed by atoms with van der Waals surface area (Å²) in [5, 5.41) is 6.53. The summed E-state index contributed by atoms with van der Waals surface area (Å²) in [6, 6.07) is 0. The van der Waals surface area contributed by atoms with E-state index in [1.807, 2.05) is 20.8 Å². The van der Waals surface area contributed by atoms with Crippen LogP contribution in [0.2, 0.25) is 0 Å². The molecule has 1 aromatic heterocycles. The Balaban J connectivity index is 2.18. The van der Waals surface area contributed by atoms with Gasteiger partial charge in [-0.25, -0.2) is 9.78 Å². The van der Waals surface area contributed by atoms with Gasteiger partial charge >= 0.3 is 6.09 Å². The van der Waals surface area contributed by atoms with Gasteiger partial charge in [-0.15, -0.1) is 0 Å². The fourth-order valence-corrected chi connectivity index (χ4v) is 0.935. The Morgan fingerprint density at radius 2 is 2.27 bits per heavy atom. The first-order valence-corrected chi connectivity index (χ1v) is 4.76. The highest BCUT2D eigenvalue weighted by Crippen LogP contribution is 2.05. The van der Waals surface area contributed by atoms with Crippen molar-refractivity contribution in [3.63, 3.8) is 0 Å². The third-order valence-corrected chi connectivity index (χ3v) is 1.48. The molecule has 1 N–H and O–H groups in total. The van der Waals surface area contributed by atoms with Crippen molar-refractivity contribution in [3.05, 3.63) is 12.7 Å². The summed E-state index contributed by atoms with van der Waals surface area (Å²) in [7, 11) is 0. The molecule has 0 aliphatic rings. The minimum atomic E-state index is -0.461. The fraction of sp³-hybridized carbons (Fsp3) is 0.667. The van der Waals surface area contributed by atoms with Crippen molar-refractivity contribution < 1.29 is 9.53 Å². The van der Waals surface area contributed by atoms with Crippen LogP contribution in [0.1, 0.15) is 20.8 Å². The highest BCUT2D eigenvalue weighted by Gasteiger charge is 2.15. The number of rotatable bonds is 3. The van der Waals surface area contributed by atoms with Gasteiger partial charge in [0.25, 0.3) is 0 Å². The molecule has 6 heteroatoms. The number of nitrogens with zero attached hydrogens (tertiary/aromatic N) is 3. The quantitative estimate of drug-likeness (QED) is 0.804. The van der Waals surface area contributed by atoms with Gasteiger partial charge in [-0.1, -0.05) is 0 Å². The molecule has 0 saturated heterocycles. The summed E-state index contributed by atoms with van der Waals surface area (Å²) in [5.41, 5.74) is -0.461. The predicted octanol–water partition coefficient (Wildman–Crippen LogP) is 0.803. The topological polar surface area (TPSA) is 69.0 Å². The number of nitrogens with one attached hydrogen (secondary N) is 1. The molecule has 15 heavy (non-hydrogen) atoms. The smallest absolute Gasteiger partial charge is 0.407 e. The normalized spacial score (nSPS) is 11.1. The van der Waals surface area contributed by atoms with Crippen LogP contribution in [-0.4, -0.2) is 33.0 Å². The van der Waals surface area contributed by atoms with Gasteiger partial charge in [0, 0.05) is 6.54 Å². The lowest BCUT2D eigenvalue weighted by Gasteiger charge is -2.19. The van der Waals surface area contributed by atoms with Gasteiger partial charge < -0.3 is 10.1 Å². The second-order valence-corrected chi connectivity index (χ2v) is 4.09. The van der Waals surface area contributed by atoms with E-state index in [2.05, 4.69) is 15.4 Å². The molecule has 0 unspecified atom stereocenters. The van der Waals surface area contributed by atoms with E-state index in [0.29, 0.717) is 13.1 Å². The number of ether oxygens (including phenoxy) is 1. The van der Waals surface area contributed by atoms with E-state index in [1.165, 1.54) is 6.33 Å². The number of carbonyl (C=O) groups excluding carboxylic acids is 1. The molecule has 1 aromatic rings. The summed E-state index contributed by atoms with van der Waals surface area (Å²) in [6.07, 6.45) is 2.63. The molecule has 0 radical (unpaired) electrons. The number of aromatic nitrogens is 3. The molecule has 0 fully saturated rings. The number of hydrogen-bond donors (Lipinski definition) is 1. The molecule has 6 nitrogen and oxygen atoms in total. The van der Waals surface area contributed by atoms with E-state index in [0.717, 1.165) is 0 Å². The molecular formula is C9H16N4O2. The second-order valence-electron chi connectivity index (χ2n) is 4.09. The van der Waals surface area contributed by atoms with Gasteiger partial charge in [0.05, 0.1) is 6.54 Å². The van der Waals surface area contributed by atoms with Gasteiger partial charge in [0.2, 0.25) is 0 Å². The van der Waals surface area contributed by atoms with Crippen LogP contribution in [0, 0.1) is 0 Å². The zero-order chi connectivity index (χ0) is 11.3. The van der Waals surface area contributed by atoms with Crippen molar-refractivity contribution >= 4 is 6.09 Å². The fourth-order valence-electron chi connectivity index (χ4n) is 0.935. The van der Waals surface area contributed by atoms with Crippen LogP contribution in [-0.2, 0) is 11.3 Å². The monoisotopic (exact) mass is 212 g/mol. The van der Waals surface area contributed by atoms with Crippen LogP contribution in [0.5, 0.6) is 0 Å². The first-order chi connectivity index (χ1) is 6.97. The van der Waals surface area contributed by atoms with Gasteiger partial charge in [-0.2, -0.15) is 5.10 Å². The first-order valence-electron chi connectivity index (χ1n) is 4.76. The molecule has 84 valence electrons. The van der Waals surface area contributed by atoms with Gasteiger partial charge in [-0.3, -0.25) is 4.68 Å². The van der Waals surface area contributed by atoms with Crippen LogP contribution in [0.15, 0.2) is 12.7 Å². The maximum absolute atomic E-state index is 11.2. The number of amides is 1. The highest BCUT2D eigenvalue weighted by atomic mass is 16.6. The lowest BCUT2D eigenvalue weighted by Crippen LogP contribution is -2.34. The first kappa shape index (κ1) is 11.5. The Hall–Kier alpha value is -1.59. The Bertz CT molecular complexity index is 302. The third kappa shape index (κ3) is 4.99. The van der Waals surface area contributed by atoms with E-state index < -0.39 is 11.7 Å². The molecule has 0 aliphatic heterocycles. The van der Waals surface area contributed by atoms with Crippen LogP contribution in [0.4, 0.5) is 4.79 Å². The molecule has 1 heterocycles. The van der Waals surface area contributed by atoms with Crippen molar-refractivity contribution in [2.24, 2.45) is 0 Å². The van der Waals surface area contributed by atoms with E-state index in [4.69, 9.17) is 4.74 Å². The Morgan fingerprint density at radius 1 is 1.53 bits per heavy atom. The van der Waals surface area contributed by atoms with Crippen molar-refractivity contribution in [3.8, 4) is 0 Å². The maximum atomic E-state index is 11.2. The van der Waals surface area contributed by atoms with E-state index in [9.17, 15) is 4.79 Å². The molecule has 0 bridgehead atoms. The summed E-state index contributed by atoms with van der Waals surface area (Å²) in [6.45, 7) is 6.52. The Morgan fingerprint density at radius 3 is 2.80 bits per heavy atom. The largest absolute Gasteiger partial charge is 0.444 e. The Labute approximate surface area is 88.6 Å². The molecule has 0 aliphatic carbocycles. The van der Waals surface area contributed by atoms with E-state index >= 15 is 0 Å². The SMILES string of the molecule is CC(C)(C)OC(=O)NCCn1cncn1. The molecule has 0 atom stereocenters. The zero-order valence-corrected chi connectivity index (χ0v) is 9.23. The maximum Gasteiger partial charge on any atom is 0.407 e. The lowest BCUT2D eigenvalue weighted by molar-refractivity contribution is 0.0525. The van der Waals surface area contributed by atoms with Gasteiger partial charge in [0.1, 0.15) is 18.3 Å². The lowest BCUT2D eigenvalue weighted by atomic mass is 10.2. The van der Waals surface area contributed by atoms with Crippen LogP contribution in [0.3, 0.4) is 0 Å². The minimum absolute atomic E-state index is 0.414. The molecule has 0 spiro atoms. The van der Waals surface area contributed by atoms with Gasteiger partial charge in [0.15, 0.2) is 0 Å². The zero-order valence-electron chi connectivity index (χ0n) is 9.23. The molecule has 0 aromatic carbocycles. The van der Waals surface area contributed by atoms with Crippen molar-refractivity contribution in [1.29, 1.82) is 0 Å². The van der Waals surface area contributed by atoms with Gasteiger partial charge in [-0.05, 0) is 20.8 Å².